The second-order valence-corrected chi connectivity index (χ2v) is 7.25. The summed E-state index contributed by atoms with van der Waals surface area (Å²) in [6, 6.07) is 8.99. The molecule has 7 nitrogen and oxygen atoms in total. The van der Waals surface area contributed by atoms with Crippen molar-refractivity contribution in [1.82, 2.24) is 15.5 Å². The molecule has 1 atom stereocenters. The van der Waals surface area contributed by atoms with Crippen LogP contribution in [0.1, 0.15) is 25.3 Å². The van der Waals surface area contributed by atoms with E-state index in [0.29, 0.717) is 25.8 Å². The summed E-state index contributed by atoms with van der Waals surface area (Å²) in [7, 11) is 5.63. The highest BCUT2D eigenvalue weighted by molar-refractivity contribution is 5.79. The van der Waals surface area contributed by atoms with Gasteiger partial charge in [-0.1, -0.05) is 12.1 Å². The quantitative estimate of drug-likeness (QED) is 0.468. The van der Waals surface area contributed by atoms with Crippen LogP contribution >= 0.6 is 0 Å². The summed E-state index contributed by atoms with van der Waals surface area (Å²) >= 11 is 0. The van der Waals surface area contributed by atoms with Crippen LogP contribution in [-0.4, -0.2) is 77.1 Å². The Morgan fingerprint density at radius 3 is 2.86 bits per heavy atom. The van der Waals surface area contributed by atoms with Crippen LogP contribution in [-0.2, 0) is 16.0 Å². The Morgan fingerprint density at radius 2 is 2.14 bits per heavy atom. The lowest BCUT2D eigenvalue weighted by molar-refractivity contribution is 0.0392. The van der Waals surface area contributed by atoms with Crippen molar-refractivity contribution in [3.63, 3.8) is 0 Å². The Bertz CT molecular complexity index is 591. The fourth-order valence-electron chi connectivity index (χ4n) is 3.27. The Hall–Kier alpha value is -1.83. The zero-order valence-corrected chi connectivity index (χ0v) is 17.7. The Balaban J connectivity index is 1.75. The second-order valence-electron chi connectivity index (χ2n) is 7.25. The van der Waals surface area contributed by atoms with E-state index in [1.54, 1.807) is 14.2 Å². The van der Waals surface area contributed by atoms with Crippen molar-refractivity contribution in [2.45, 2.75) is 38.4 Å². The van der Waals surface area contributed by atoms with Crippen molar-refractivity contribution < 1.29 is 14.2 Å². The molecule has 7 heteroatoms. The second kappa shape index (κ2) is 12.6. The Labute approximate surface area is 169 Å². The van der Waals surface area contributed by atoms with Crippen molar-refractivity contribution in [1.29, 1.82) is 0 Å². The minimum absolute atomic E-state index is 0.193. The van der Waals surface area contributed by atoms with Crippen LogP contribution in [0.2, 0.25) is 0 Å². The predicted molar refractivity (Wildman–Crippen MR) is 113 cm³/mol. The Kier molecular flexibility index (Phi) is 10.1. The zero-order valence-electron chi connectivity index (χ0n) is 17.7. The van der Waals surface area contributed by atoms with Crippen LogP contribution in [0.4, 0.5) is 0 Å². The van der Waals surface area contributed by atoms with Gasteiger partial charge in [-0.2, -0.15) is 0 Å². The van der Waals surface area contributed by atoms with Gasteiger partial charge < -0.3 is 24.8 Å². The maximum Gasteiger partial charge on any atom is 0.191 e. The molecule has 0 amide bonds. The molecule has 1 aromatic carbocycles. The fraction of sp³-hybridized carbons (Fsp3) is 0.667. The third-order valence-corrected chi connectivity index (χ3v) is 4.91. The summed E-state index contributed by atoms with van der Waals surface area (Å²) in [5.74, 6) is 1.66. The largest absolute Gasteiger partial charge is 0.492 e. The smallest absolute Gasteiger partial charge is 0.191 e. The topological polar surface area (TPSA) is 67.4 Å². The summed E-state index contributed by atoms with van der Waals surface area (Å²) in [5, 5.41) is 6.63. The number of hydrogen-bond donors (Lipinski definition) is 2. The highest BCUT2D eigenvalue weighted by Crippen LogP contribution is 2.15. The van der Waals surface area contributed by atoms with Crippen LogP contribution in [0.15, 0.2) is 29.3 Å². The standard InChI is InChI=1S/C21H36N4O3/c1-17(16-26-4)24-21(22-2)23-15-18-6-5-7-20(14-18)28-13-10-25(3)19-8-11-27-12-9-19/h5-7,14,17,19H,8-13,15-16H2,1-4H3,(H2,22,23,24). The summed E-state index contributed by atoms with van der Waals surface area (Å²) in [6.07, 6.45) is 2.21. The molecular weight excluding hydrogens is 356 g/mol. The van der Waals surface area contributed by atoms with E-state index < -0.39 is 0 Å². The van der Waals surface area contributed by atoms with Crippen molar-refractivity contribution >= 4 is 5.96 Å². The molecule has 1 aliphatic heterocycles. The van der Waals surface area contributed by atoms with E-state index in [1.807, 2.05) is 12.1 Å². The first-order valence-electron chi connectivity index (χ1n) is 10.1. The van der Waals surface area contributed by atoms with E-state index in [1.165, 1.54) is 0 Å². The monoisotopic (exact) mass is 392 g/mol. The number of benzene rings is 1. The van der Waals surface area contributed by atoms with E-state index in [0.717, 1.165) is 49.9 Å². The molecule has 0 saturated carbocycles. The van der Waals surface area contributed by atoms with Crippen molar-refractivity contribution in [2.24, 2.45) is 4.99 Å². The van der Waals surface area contributed by atoms with E-state index in [2.05, 4.69) is 46.6 Å². The maximum atomic E-state index is 5.97. The first kappa shape index (κ1) is 22.5. The van der Waals surface area contributed by atoms with Crippen LogP contribution in [0.25, 0.3) is 0 Å². The third-order valence-electron chi connectivity index (χ3n) is 4.91. The predicted octanol–water partition coefficient (Wildman–Crippen LogP) is 1.88. The molecule has 1 fully saturated rings. The van der Waals surface area contributed by atoms with E-state index in [-0.39, 0.29) is 6.04 Å². The number of aliphatic imine (C=N–C) groups is 1. The summed E-state index contributed by atoms with van der Waals surface area (Å²) in [4.78, 5) is 6.63. The number of nitrogens with zero attached hydrogens (tertiary/aromatic N) is 2. The molecule has 28 heavy (non-hydrogen) atoms. The molecule has 1 aliphatic rings. The lowest BCUT2D eigenvalue weighted by atomic mass is 10.1. The molecule has 0 radical (unpaired) electrons. The number of methoxy groups -OCH3 is 1. The molecule has 158 valence electrons. The van der Waals surface area contributed by atoms with Gasteiger partial charge in [-0.15, -0.1) is 0 Å². The van der Waals surface area contributed by atoms with Crippen LogP contribution in [0, 0.1) is 0 Å². The van der Waals surface area contributed by atoms with Crippen molar-refractivity contribution in [2.75, 3.05) is 54.2 Å². The molecule has 2 rings (SSSR count). The van der Waals surface area contributed by atoms with Crippen LogP contribution in [0.3, 0.4) is 0 Å². The number of likely N-dealkylation sites (N-methyl/N-ethyl adjacent to an activating group) is 1. The van der Waals surface area contributed by atoms with E-state index in [9.17, 15) is 0 Å². The average Bonchev–Trinajstić information content (AvgIpc) is 2.72. The van der Waals surface area contributed by atoms with Crippen LogP contribution < -0.4 is 15.4 Å². The van der Waals surface area contributed by atoms with Gasteiger partial charge in [0.15, 0.2) is 5.96 Å². The molecule has 0 aromatic heterocycles. The van der Waals surface area contributed by atoms with Gasteiger partial charge in [-0.3, -0.25) is 9.89 Å². The first-order valence-corrected chi connectivity index (χ1v) is 10.1. The van der Waals surface area contributed by atoms with Crippen LogP contribution in [0.5, 0.6) is 5.75 Å². The van der Waals surface area contributed by atoms with Gasteiger partial charge in [0.05, 0.1) is 6.61 Å². The van der Waals surface area contributed by atoms with Crippen molar-refractivity contribution in [3.05, 3.63) is 29.8 Å². The highest BCUT2D eigenvalue weighted by atomic mass is 16.5. The molecule has 0 spiro atoms. The van der Waals surface area contributed by atoms with Gasteiger partial charge in [0.1, 0.15) is 12.4 Å². The SMILES string of the molecule is CN=C(NCc1cccc(OCCN(C)C2CCOCC2)c1)NC(C)COC. The van der Waals surface area contributed by atoms with Gasteiger partial charge >= 0.3 is 0 Å². The minimum Gasteiger partial charge on any atom is -0.492 e. The van der Waals surface area contributed by atoms with Gasteiger partial charge in [-0.25, -0.2) is 0 Å². The average molecular weight is 393 g/mol. The number of rotatable bonds is 10. The fourth-order valence-corrected chi connectivity index (χ4v) is 3.27. The van der Waals surface area contributed by atoms with E-state index >= 15 is 0 Å². The minimum atomic E-state index is 0.193. The molecule has 0 aliphatic carbocycles. The first-order chi connectivity index (χ1) is 13.6. The molecule has 0 bridgehead atoms. The molecule has 2 N–H and O–H groups in total. The van der Waals surface area contributed by atoms with E-state index in [4.69, 9.17) is 14.2 Å². The maximum absolute atomic E-state index is 5.97. The van der Waals surface area contributed by atoms with Gasteiger partial charge in [0.2, 0.25) is 0 Å². The number of hydrogen-bond acceptors (Lipinski definition) is 5. The lowest BCUT2D eigenvalue weighted by Gasteiger charge is -2.31. The molecule has 1 aromatic rings. The molecule has 1 heterocycles. The van der Waals surface area contributed by atoms with Gasteiger partial charge in [-0.05, 0) is 44.5 Å². The van der Waals surface area contributed by atoms with Gasteiger partial charge in [0, 0.05) is 52.5 Å². The molecular formula is C21H36N4O3. The molecule has 1 saturated heterocycles. The number of ether oxygens (including phenoxy) is 3. The number of guanidine groups is 1. The van der Waals surface area contributed by atoms with Crippen molar-refractivity contribution in [3.8, 4) is 5.75 Å². The number of nitrogens with one attached hydrogen (secondary N) is 2. The summed E-state index contributed by atoms with van der Waals surface area (Å²) < 4.78 is 16.6. The molecule has 1 unspecified atom stereocenters. The Morgan fingerprint density at radius 1 is 1.36 bits per heavy atom. The zero-order chi connectivity index (χ0) is 20.2. The summed E-state index contributed by atoms with van der Waals surface area (Å²) in [5.41, 5.74) is 1.15. The normalized spacial score (nSPS) is 16.8. The third kappa shape index (κ3) is 8.04. The summed E-state index contributed by atoms with van der Waals surface area (Å²) in [6.45, 7) is 6.71. The van der Waals surface area contributed by atoms with Gasteiger partial charge in [0.25, 0.3) is 0 Å². The highest BCUT2D eigenvalue weighted by Gasteiger charge is 2.17. The lowest BCUT2D eigenvalue weighted by Crippen LogP contribution is -2.43.